The summed E-state index contributed by atoms with van der Waals surface area (Å²) in [6.45, 7) is 0. The molecule has 0 fully saturated rings. The van der Waals surface area contributed by atoms with Crippen molar-refractivity contribution in [1.82, 2.24) is 0 Å². The van der Waals surface area contributed by atoms with Crippen LogP contribution in [-0.4, -0.2) is 17.4 Å². The van der Waals surface area contributed by atoms with Crippen molar-refractivity contribution in [3.05, 3.63) is 41.7 Å². The lowest BCUT2D eigenvalue weighted by molar-refractivity contribution is -0.304. The molecule has 0 saturated carbocycles. The number of carbonyl (C=O) groups is 1. The van der Waals surface area contributed by atoms with Crippen molar-refractivity contribution < 1.29 is 27.8 Å². The first-order valence-corrected chi connectivity index (χ1v) is 4.14. The third-order valence-electron chi connectivity index (χ3n) is 1.53. The molecular weight excluding hydrogens is 225 g/mol. The van der Waals surface area contributed by atoms with E-state index in [9.17, 15) is 18.0 Å². The van der Waals surface area contributed by atoms with Crippen molar-refractivity contribution >= 4 is 12.0 Å². The van der Waals surface area contributed by atoms with E-state index in [-0.39, 0.29) is 0 Å². The van der Waals surface area contributed by atoms with Crippen LogP contribution in [0.25, 0.3) is 6.08 Å². The molecule has 6 heteroatoms. The van der Waals surface area contributed by atoms with Crippen LogP contribution >= 0.6 is 0 Å². The predicted octanol–water partition coefficient (Wildman–Crippen LogP) is 2.65. The Hall–Kier alpha value is -1.98. The molecule has 0 amide bonds. The Morgan fingerprint density at radius 1 is 1.25 bits per heavy atom. The zero-order chi connectivity index (χ0) is 12.2. The van der Waals surface area contributed by atoms with Gasteiger partial charge in [0.05, 0.1) is 0 Å². The van der Waals surface area contributed by atoms with E-state index in [1.54, 1.807) is 18.2 Å². The van der Waals surface area contributed by atoms with Crippen LogP contribution in [0.4, 0.5) is 13.2 Å². The van der Waals surface area contributed by atoms with Crippen molar-refractivity contribution in [2.75, 3.05) is 0 Å². The highest BCUT2D eigenvalue weighted by Gasteiger charge is 2.34. The molecule has 86 valence electrons. The van der Waals surface area contributed by atoms with Crippen molar-refractivity contribution in [1.29, 1.82) is 0 Å². The van der Waals surface area contributed by atoms with E-state index in [1.165, 1.54) is 12.1 Å². The SMILES string of the molecule is O=C(O)C(=Cc1ccccc1)OC(F)(F)F. The molecule has 0 saturated heterocycles. The van der Waals surface area contributed by atoms with Crippen LogP contribution in [0.3, 0.4) is 0 Å². The Labute approximate surface area is 88.8 Å². The Kier molecular flexibility index (Phi) is 3.55. The Morgan fingerprint density at radius 3 is 2.25 bits per heavy atom. The van der Waals surface area contributed by atoms with E-state index in [1.807, 2.05) is 0 Å². The number of ether oxygens (including phenoxy) is 1. The topological polar surface area (TPSA) is 46.5 Å². The van der Waals surface area contributed by atoms with Crippen LogP contribution in [0.2, 0.25) is 0 Å². The molecule has 0 spiro atoms. The minimum Gasteiger partial charge on any atom is -0.475 e. The maximum atomic E-state index is 11.8. The maximum absolute atomic E-state index is 11.8. The molecule has 3 nitrogen and oxygen atoms in total. The number of benzene rings is 1. The van der Waals surface area contributed by atoms with Crippen LogP contribution in [0.1, 0.15) is 5.56 Å². The first kappa shape index (κ1) is 12.1. The van der Waals surface area contributed by atoms with Crippen LogP contribution < -0.4 is 0 Å². The van der Waals surface area contributed by atoms with Gasteiger partial charge in [0.15, 0.2) is 0 Å². The summed E-state index contributed by atoms with van der Waals surface area (Å²) in [5.41, 5.74) is 0.309. The molecule has 1 aromatic carbocycles. The number of aliphatic carboxylic acids is 1. The highest BCUT2D eigenvalue weighted by Crippen LogP contribution is 2.22. The molecule has 1 rings (SSSR count). The number of hydrogen-bond donors (Lipinski definition) is 1. The summed E-state index contributed by atoms with van der Waals surface area (Å²) in [4.78, 5) is 10.5. The molecule has 1 N–H and O–H groups in total. The summed E-state index contributed by atoms with van der Waals surface area (Å²) >= 11 is 0. The van der Waals surface area contributed by atoms with Gasteiger partial charge in [-0.15, -0.1) is 13.2 Å². The first-order chi connectivity index (χ1) is 7.38. The van der Waals surface area contributed by atoms with E-state index in [0.717, 1.165) is 6.08 Å². The van der Waals surface area contributed by atoms with Crippen LogP contribution in [0.15, 0.2) is 36.1 Å². The van der Waals surface area contributed by atoms with E-state index >= 15 is 0 Å². The second-order valence-electron chi connectivity index (χ2n) is 2.77. The summed E-state index contributed by atoms with van der Waals surface area (Å²) in [6, 6.07) is 7.71. The number of halogens is 3. The van der Waals surface area contributed by atoms with E-state index in [4.69, 9.17) is 5.11 Å². The van der Waals surface area contributed by atoms with Gasteiger partial charge in [0.25, 0.3) is 0 Å². The van der Waals surface area contributed by atoms with Crippen LogP contribution in [0, 0.1) is 0 Å². The fourth-order valence-corrected chi connectivity index (χ4v) is 0.960. The average Bonchev–Trinajstić information content (AvgIpc) is 2.16. The van der Waals surface area contributed by atoms with Gasteiger partial charge < -0.3 is 9.84 Å². The predicted molar refractivity (Wildman–Crippen MR) is 49.2 cm³/mol. The lowest BCUT2D eigenvalue weighted by atomic mass is 10.2. The molecule has 0 atom stereocenters. The third-order valence-corrected chi connectivity index (χ3v) is 1.53. The molecule has 1 aromatic rings. The molecule has 0 radical (unpaired) electrons. The van der Waals surface area contributed by atoms with Gasteiger partial charge in [-0.05, 0) is 11.6 Å². The standard InChI is InChI=1S/C10H7F3O3/c11-10(12,13)16-8(9(14)15)6-7-4-2-1-3-5-7/h1-6H,(H,14,15). The Morgan fingerprint density at radius 2 is 1.81 bits per heavy atom. The third kappa shape index (κ3) is 4.04. The fourth-order valence-electron chi connectivity index (χ4n) is 0.960. The molecule has 0 aliphatic heterocycles. The van der Waals surface area contributed by atoms with Gasteiger partial charge in [0, 0.05) is 0 Å². The molecule has 0 bridgehead atoms. The first-order valence-electron chi connectivity index (χ1n) is 4.14. The fraction of sp³-hybridized carbons (Fsp3) is 0.100. The van der Waals surface area contributed by atoms with Gasteiger partial charge in [-0.1, -0.05) is 30.3 Å². The number of carboxylic acid groups (broad SMARTS) is 1. The molecule has 16 heavy (non-hydrogen) atoms. The zero-order valence-electron chi connectivity index (χ0n) is 7.86. The van der Waals surface area contributed by atoms with Gasteiger partial charge in [0.1, 0.15) is 0 Å². The second-order valence-corrected chi connectivity index (χ2v) is 2.77. The highest BCUT2D eigenvalue weighted by molar-refractivity contribution is 5.89. The molecule has 0 heterocycles. The van der Waals surface area contributed by atoms with Crippen LogP contribution in [0.5, 0.6) is 0 Å². The zero-order valence-corrected chi connectivity index (χ0v) is 7.86. The number of carboxylic acids is 1. The Bertz CT molecular complexity index is 396. The Balaban J connectivity index is 2.95. The summed E-state index contributed by atoms with van der Waals surface area (Å²) in [7, 11) is 0. The van der Waals surface area contributed by atoms with Crippen LogP contribution in [-0.2, 0) is 9.53 Å². The van der Waals surface area contributed by atoms with E-state index in [0.29, 0.717) is 5.56 Å². The quantitative estimate of drug-likeness (QED) is 0.643. The largest absolute Gasteiger partial charge is 0.573 e. The van der Waals surface area contributed by atoms with Crippen molar-refractivity contribution in [2.45, 2.75) is 6.36 Å². The van der Waals surface area contributed by atoms with Gasteiger partial charge in [-0.2, -0.15) is 0 Å². The molecular formula is C10H7F3O3. The average molecular weight is 232 g/mol. The normalized spacial score (nSPS) is 12.3. The summed E-state index contributed by atoms with van der Waals surface area (Å²) < 4.78 is 38.9. The lowest BCUT2D eigenvalue weighted by Gasteiger charge is -2.08. The number of alkyl halides is 3. The number of hydrogen-bond acceptors (Lipinski definition) is 2. The number of rotatable bonds is 3. The summed E-state index contributed by atoms with van der Waals surface area (Å²) in [5.74, 6) is -2.94. The monoisotopic (exact) mass is 232 g/mol. The van der Waals surface area contributed by atoms with Gasteiger partial charge in [-0.25, -0.2) is 4.79 Å². The minimum atomic E-state index is -5.01. The van der Waals surface area contributed by atoms with E-state index in [2.05, 4.69) is 4.74 Å². The van der Waals surface area contributed by atoms with Crippen molar-refractivity contribution in [2.24, 2.45) is 0 Å². The van der Waals surface area contributed by atoms with E-state index < -0.39 is 18.1 Å². The molecule has 0 aliphatic carbocycles. The van der Waals surface area contributed by atoms with Crippen molar-refractivity contribution in [3.8, 4) is 0 Å². The van der Waals surface area contributed by atoms with Gasteiger partial charge in [0.2, 0.25) is 5.76 Å². The lowest BCUT2D eigenvalue weighted by Crippen LogP contribution is -2.17. The molecule has 0 aromatic heterocycles. The minimum absolute atomic E-state index is 0.309. The maximum Gasteiger partial charge on any atom is 0.573 e. The smallest absolute Gasteiger partial charge is 0.475 e. The molecule has 0 aliphatic rings. The molecule has 0 unspecified atom stereocenters. The highest BCUT2D eigenvalue weighted by atomic mass is 19.4. The van der Waals surface area contributed by atoms with Crippen molar-refractivity contribution in [3.63, 3.8) is 0 Å². The van der Waals surface area contributed by atoms with Gasteiger partial charge in [-0.3, -0.25) is 0 Å². The summed E-state index contributed by atoms with van der Waals surface area (Å²) in [6.07, 6.45) is -4.21. The summed E-state index contributed by atoms with van der Waals surface area (Å²) in [5, 5.41) is 8.50. The van der Waals surface area contributed by atoms with Gasteiger partial charge >= 0.3 is 12.3 Å². The second kappa shape index (κ2) is 4.69.